The van der Waals surface area contributed by atoms with Crippen molar-refractivity contribution in [2.45, 2.75) is 71.1 Å². The number of carboxylic acids is 1. The Kier molecular flexibility index (Phi) is 12.2. The number of amides is 3. The molecule has 1 aromatic rings. The molecular weight excluding hydrogens is 440 g/mol. The molecule has 0 aliphatic carbocycles. The van der Waals surface area contributed by atoms with Crippen LogP contribution in [0.25, 0.3) is 0 Å². The molecule has 5 unspecified atom stereocenters. The van der Waals surface area contributed by atoms with Gasteiger partial charge in [-0.15, -0.1) is 0 Å². The molecule has 0 spiro atoms. The Morgan fingerprint density at radius 3 is 1.91 bits per heavy atom. The molecule has 10 heteroatoms. The van der Waals surface area contributed by atoms with Crippen molar-refractivity contribution in [1.82, 2.24) is 16.0 Å². The molecule has 0 heterocycles. The van der Waals surface area contributed by atoms with Gasteiger partial charge in [0.1, 0.15) is 18.1 Å². The Labute approximate surface area is 200 Å². The van der Waals surface area contributed by atoms with Crippen LogP contribution in [0.3, 0.4) is 0 Å². The van der Waals surface area contributed by atoms with Crippen LogP contribution in [0.15, 0.2) is 30.3 Å². The standard InChI is InChI=1S/C24H38N4O6/c1-5-15(4)20(25)23(32)26-17(11-14(2)3)21(30)28-19(13-29)22(31)27-18(24(33)34)12-16-9-7-6-8-10-16/h6-10,14-15,17-20,29H,5,11-13,25H2,1-4H3,(H,26,32)(H,27,31)(H,28,30)(H,33,34). The Hall–Kier alpha value is -2.98. The van der Waals surface area contributed by atoms with E-state index >= 15 is 0 Å². The van der Waals surface area contributed by atoms with E-state index in [2.05, 4.69) is 16.0 Å². The van der Waals surface area contributed by atoms with Crippen molar-refractivity contribution in [2.24, 2.45) is 17.6 Å². The molecule has 0 aliphatic heterocycles. The largest absolute Gasteiger partial charge is 0.480 e. The lowest BCUT2D eigenvalue weighted by Gasteiger charge is -2.26. The van der Waals surface area contributed by atoms with Crippen molar-refractivity contribution in [3.8, 4) is 0 Å². The van der Waals surface area contributed by atoms with Gasteiger partial charge in [-0.3, -0.25) is 14.4 Å². The van der Waals surface area contributed by atoms with Crippen molar-refractivity contribution in [3.63, 3.8) is 0 Å². The van der Waals surface area contributed by atoms with E-state index in [0.717, 1.165) is 0 Å². The number of hydrogen-bond acceptors (Lipinski definition) is 6. The number of nitrogens with one attached hydrogen (secondary N) is 3. The third-order valence-electron chi connectivity index (χ3n) is 5.61. The van der Waals surface area contributed by atoms with Gasteiger partial charge in [0, 0.05) is 6.42 Å². The number of aliphatic hydroxyl groups is 1. The first-order valence-corrected chi connectivity index (χ1v) is 11.5. The second-order valence-corrected chi connectivity index (χ2v) is 8.93. The minimum absolute atomic E-state index is 0.0353. The molecular formula is C24H38N4O6. The number of benzene rings is 1. The highest BCUT2D eigenvalue weighted by Gasteiger charge is 2.31. The van der Waals surface area contributed by atoms with Crippen LogP contribution in [-0.4, -0.2) is 64.7 Å². The highest BCUT2D eigenvalue weighted by atomic mass is 16.4. The number of rotatable bonds is 14. The molecule has 0 fully saturated rings. The second-order valence-electron chi connectivity index (χ2n) is 8.93. The first-order chi connectivity index (χ1) is 16.0. The average molecular weight is 479 g/mol. The summed E-state index contributed by atoms with van der Waals surface area (Å²) in [6.07, 6.45) is 1.01. The van der Waals surface area contributed by atoms with Crippen molar-refractivity contribution in [1.29, 1.82) is 0 Å². The molecule has 0 saturated heterocycles. The van der Waals surface area contributed by atoms with Crippen LogP contribution in [0.2, 0.25) is 0 Å². The maximum Gasteiger partial charge on any atom is 0.326 e. The van der Waals surface area contributed by atoms with Gasteiger partial charge in [-0.2, -0.15) is 0 Å². The predicted octanol–water partition coefficient (Wildman–Crippen LogP) is 0.180. The van der Waals surface area contributed by atoms with E-state index in [4.69, 9.17) is 5.73 Å². The smallest absolute Gasteiger partial charge is 0.326 e. The molecule has 190 valence electrons. The summed E-state index contributed by atoms with van der Waals surface area (Å²) in [5.74, 6) is -3.28. The Morgan fingerprint density at radius 1 is 0.882 bits per heavy atom. The van der Waals surface area contributed by atoms with E-state index in [9.17, 15) is 29.4 Å². The fraction of sp³-hybridized carbons (Fsp3) is 0.583. The summed E-state index contributed by atoms with van der Waals surface area (Å²) >= 11 is 0. The molecule has 1 aromatic carbocycles. The molecule has 0 aliphatic rings. The summed E-state index contributed by atoms with van der Waals surface area (Å²) < 4.78 is 0. The maximum absolute atomic E-state index is 12.9. The molecule has 0 bridgehead atoms. The number of carbonyl (C=O) groups excluding carboxylic acids is 3. The third kappa shape index (κ3) is 9.48. The van der Waals surface area contributed by atoms with Gasteiger partial charge in [0.05, 0.1) is 12.6 Å². The van der Waals surface area contributed by atoms with Gasteiger partial charge in [-0.1, -0.05) is 64.4 Å². The molecule has 34 heavy (non-hydrogen) atoms. The molecule has 0 radical (unpaired) electrons. The SMILES string of the molecule is CCC(C)C(N)C(=O)NC(CC(C)C)C(=O)NC(CO)C(=O)NC(Cc1ccccc1)C(=O)O. The van der Waals surface area contributed by atoms with Crippen molar-refractivity contribution in [3.05, 3.63) is 35.9 Å². The lowest BCUT2D eigenvalue weighted by molar-refractivity contribution is -0.142. The minimum Gasteiger partial charge on any atom is -0.480 e. The fourth-order valence-corrected chi connectivity index (χ4v) is 3.27. The Morgan fingerprint density at radius 2 is 1.41 bits per heavy atom. The monoisotopic (exact) mass is 478 g/mol. The quantitative estimate of drug-likeness (QED) is 0.221. The van der Waals surface area contributed by atoms with Gasteiger partial charge in [0.15, 0.2) is 0 Å². The third-order valence-corrected chi connectivity index (χ3v) is 5.61. The molecule has 7 N–H and O–H groups in total. The van der Waals surface area contributed by atoms with Gasteiger partial charge >= 0.3 is 5.97 Å². The number of hydrogen-bond donors (Lipinski definition) is 6. The normalized spacial score (nSPS) is 15.5. The molecule has 3 amide bonds. The number of carbonyl (C=O) groups is 4. The van der Waals surface area contributed by atoms with Gasteiger partial charge in [-0.05, 0) is 23.8 Å². The number of aliphatic hydroxyl groups excluding tert-OH is 1. The Balaban J connectivity index is 2.88. The lowest BCUT2D eigenvalue weighted by Crippen LogP contribution is -2.58. The summed E-state index contributed by atoms with van der Waals surface area (Å²) in [4.78, 5) is 49.7. The predicted molar refractivity (Wildman–Crippen MR) is 128 cm³/mol. The topological polar surface area (TPSA) is 171 Å². The summed E-state index contributed by atoms with van der Waals surface area (Å²) in [6.45, 7) is 6.74. The number of carboxylic acid groups (broad SMARTS) is 1. The van der Waals surface area contributed by atoms with Gasteiger partial charge in [0.2, 0.25) is 17.7 Å². The summed E-state index contributed by atoms with van der Waals surface area (Å²) in [6, 6.07) is 4.36. The molecule has 1 rings (SSSR count). The van der Waals surface area contributed by atoms with E-state index in [0.29, 0.717) is 12.0 Å². The van der Waals surface area contributed by atoms with Crippen LogP contribution in [0, 0.1) is 11.8 Å². The van der Waals surface area contributed by atoms with Crippen molar-refractivity contribution >= 4 is 23.7 Å². The summed E-state index contributed by atoms with van der Waals surface area (Å²) in [5.41, 5.74) is 6.67. The lowest BCUT2D eigenvalue weighted by atomic mass is 9.97. The maximum atomic E-state index is 12.9. The Bertz CT molecular complexity index is 817. The van der Waals surface area contributed by atoms with E-state index in [1.54, 1.807) is 30.3 Å². The van der Waals surface area contributed by atoms with Crippen LogP contribution in [0.5, 0.6) is 0 Å². The number of aliphatic carboxylic acids is 1. The van der Waals surface area contributed by atoms with E-state index in [1.165, 1.54) is 0 Å². The van der Waals surface area contributed by atoms with E-state index in [-0.39, 0.29) is 24.7 Å². The first kappa shape index (κ1) is 29.1. The van der Waals surface area contributed by atoms with Crippen LogP contribution in [-0.2, 0) is 25.6 Å². The zero-order valence-corrected chi connectivity index (χ0v) is 20.3. The van der Waals surface area contributed by atoms with E-state index in [1.807, 2.05) is 27.7 Å². The van der Waals surface area contributed by atoms with E-state index < -0.39 is 54.5 Å². The number of nitrogens with two attached hydrogens (primary N) is 1. The van der Waals surface area contributed by atoms with Gasteiger partial charge in [0.25, 0.3) is 0 Å². The zero-order chi connectivity index (χ0) is 25.8. The zero-order valence-electron chi connectivity index (χ0n) is 20.3. The molecule has 0 aromatic heterocycles. The molecule has 5 atom stereocenters. The summed E-state index contributed by atoms with van der Waals surface area (Å²) in [7, 11) is 0. The van der Waals surface area contributed by atoms with Gasteiger partial charge < -0.3 is 31.9 Å². The van der Waals surface area contributed by atoms with Crippen LogP contribution >= 0.6 is 0 Å². The van der Waals surface area contributed by atoms with Crippen LogP contribution in [0.4, 0.5) is 0 Å². The molecule has 10 nitrogen and oxygen atoms in total. The molecule has 0 saturated carbocycles. The average Bonchev–Trinajstić information content (AvgIpc) is 2.80. The minimum atomic E-state index is -1.39. The first-order valence-electron chi connectivity index (χ1n) is 11.5. The van der Waals surface area contributed by atoms with Crippen LogP contribution < -0.4 is 21.7 Å². The highest BCUT2D eigenvalue weighted by molar-refractivity contribution is 5.94. The summed E-state index contributed by atoms with van der Waals surface area (Å²) in [5, 5.41) is 26.6. The second kappa shape index (κ2) is 14.3. The fourth-order valence-electron chi connectivity index (χ4n) is 3.27. The highest BCUT2D eigenvalue weighted by Crippen LogP contribution is 2.09. The van der Waals surface area contributed by atoms with Crippen molar-refractivity contribution < 1.29 is 29.4 Å². The van der Waals surface area contributed by atoms with Gasteiger partial charge in [-0.25, -0.2) is 4.79 Å². The van der Waals surface area contributed by atoms with Crippen LogP contribution in [0.1, 0.15) is 46.1 Å². The van der Waals surface area contributed by atoms with Crippen molar-refractivity contribution in [2.75, 3.05) is 6.61 Å².